The molecule has 8 heteroatoms. The van der Waals surface area contributed by atoms with Crippen LogP contribution in [0.1, 0.15) is 30.8 Å². The Bertz CT molecular complexity index is 471. The van der Waals surface area contributed by atoms with Gasteiger partial charge >= 0.3 is 5.97 Å². The molecule has 98 valence electrons. The Labute approximate surface area is 107 Å². The van der Waals surface area contributed by atoms with E-state index in [1.807, 2.05) is 0 Å². The van der Waals surface area contributed by atoms with E-state index in [4.69, 9.17) is 5.11 Å². The van der Waals surface area contributed by atoms with E-state index in [1.165, 1.54) is 12.3 Å². The number of hydrogen-bond donors (Lipinski definition) is 3. The van der Waals surface area contributed by atoms with Crippen molar-refractivity contribution in [1.29, 1.82) is 0 Å². The van der Waals surface area contributed by atoms with Crippen LogP contribution in [0.4, 0.5) is 5.13 Å². The van der Waals surface area contributed by atoms with Crippen LogP contribution in [0.2, 0.25) is 0 Å². The van der Waals surface area contributed by atoms with E-state index in [0.29, 0.717) is 5.13 Å². The van der Waals surface area contributed by atoms with Crippen molar-refractivity contribution in [2.24, 2.45) is 0 Å². The smallest absolute Gasteiger partial charge is 0.326 e. The number of hydrogen-bond acceptors (Lipinski definition) is 5. The van der Waals surface area contributed by atoms with Gasteiger partial charge in [-0.25, -0.2) is 9.78 Å². The summed E-state index contributed by atoms with van der Waals surface area (Å²) in [5.74, 6) is -1.95. The molecule has 0 fully saturated rings. The van der Waals surface area contributed by atoms with Gasteiger partial charge in [0.05, 0.1) is 0 Å². The van der Waals surface area contributed by atoms with Gasteiger partial charge in [0.2, 0.25) is 5.91 Å². The zero-order valence-corrected chi connectivity index (χ0v) is 10.7. The summed E-state index contributed by atoms with van der Waals surface area (Å²) in [6.07, 6.45) is 0.282. The summed E-state index contributed by atoms with van der Waals surface area (Å²) in [7, 11) is 0. The quantitative estimate of drug-likeness (QED) is 0.730. The Hall–Kier alpha value is -1.96. The molecule has 0 saturated heterocycles. The van der Waals surface area contributed by atoms with Crippen molar-refractivity contribution >= 4 is 34.3 Å². The largest absolute Gasteiger partial charge is 0.480 e. The van der Waals surface area contributed by atoms with Crippen LogP contribution < -0.4 is 10.6 Å². The minimum absolute atomic E-state index is 0.0865. The number of amides is 2. The monoisotopic (exact) mass is 271 g/mol. The van der Waals surface area contributed by atoms with Gasteiger partial charge in [0.25, 0.3) is 5.91 Å². The summed E-state index contributed by atoms with van der Waals surface area (Å²) in [5.41, 5.74) is 0.0865. The minimum Gasteiger partial charge on any atom is -0.480 e. The molecular formula is C10H13N3O4S. The zero-order chi connectivity index (χ0) is 13.7. The Balaban J connectivity index is 2.69. The Kier molecular flexibility index (Phi) is 4.78. The van der Waals surface area contributed by atoms with Crippen LogP contribution in [-0.2, 0) is 9.59 Å². The molecule has 0 unspecified atom stereocenters. The number of carboxylic acid groups (broad SMARTS) is 1. The maximum atomic E-state index is 11.7. The molecule has 0 aliphatic heterocycles. The van der Waals surface area contributed by atoms with Crippen molar-refractivity contribution in [2.75, 3.05) is 5.32 Å². The fourth-order valence-corrected chi connectivity index (χ4v) is 1.89. The molecule has 1 aromatic heterocycles. The highest BCUT2D eigenvalue weighted by Crippen LogP contribution is 2.15. The second-order valence-corrected chi connectivity index (χ2v) is 4.35. The third-order valence-corrected chi connectivity index (χ3v) is 2.79. The number of aliphatic carboxylic acids is 1. The maximum Gasteiger partial charge on any atom is 0.326 e. The summed E-state index contributed by atoms with van der Waals surface area (Å²) in [6.45, 7) is 2.99. The summed E-state index contributed by atoms with van der Waals surface area (Å²) in [5, 5.41) is 15.3. The highest BCUT2D eigenvalue weighted by Gasteiger charge is 2.20. The van der Waals surface area contributed by atoms with Crippen molar-refractivity contribution in [2.45, 2.75) is 26.3 Å². The van der Waals surface area contributed by atoms with Gasteiger partial charge in [-0.3, -0.25) is 9.59 Å². The van der Waals surface area contributed by atoms with E-state index in [2.05, 4.69) is 15.6 Å². The van der Waals surface area contributed by atoms with Gasteiger partial charge in [0.15, 0.2) is 5.13 Å². The lowest BCUT2D eigenvalue weighted by molar-refractivity contribution is -0.139. The number of carbonyl (C=O) groups is 3. The van der Waals surface area contributed by atoms with Gasteiger partial charge in [0.1, 0.15) is 11.7 Å². The summed E-state index contributed by atoms with van der Waals surface area (Å²) >= 11 is 1.10. The number of rotatable bonds is 5. The van der Waals surface area contributed by atoms with Gasteiger partial charge in [-0.05, 0) is 6.42 Å². The van der Waals surface area contributed by atoms with E-state index in [0.717, 1.165) is 11.3 Å². The average Bonchev–Trinajstić information content (AvgIpc) is 2.72. The van der Waals surface area contributed by atoms with E-state index in [9.17, 15) is 14.4 Å². The first-order valence-corrected chi connectivity index (χ1v) is 6.08. The van der Waals surface area contributed by atoms with E-state index in [-0.39, 0.29) is 18.0 Å². The molecule has 0 bridgehead atoms. The lowest BCUT2D eigenvalue weighted by atomic mass is 10.2. The number of nitrogens with one attached hydrogen (secondary N) is 2. The molecule has 1 atom stereocenters. The first kappa shape index (κ1) is 14.1. The van der Waals surface area contributed by atoms with Crippen LogP contribution in [0.15, 0.2) is 5.38 Å². The van der Waals surface area contributed by atoms with E-state index >= 15 is 0 Å². The van der Waals surface area contributed by atoms with Gasteiger partial charge in [-0.2, -0.15) is 0 Å². The molecule has 1 heterocycles. The van der Waals surface area contributed by atoms with Crippen molar-refractivity contribution in [3.63, 3.8) is 0 Å². The van der Waals surface area contributed by atoms with Crippen LogP contribution in [0.3, 0.4) is 0 Å². The van der Waals surface area contributed by atoms with Crippen LogP contribution in [0.5, 0.6) is 0 Å². The SMILES string of the molecule is CC[C@H](NC(=O)c1csc(NC(C)=O)n1)C(=O)O. The van der Waals surface area contributed by atoms with Crippen LogP contribution in [0.25, 0.3) is 0 Å². The van der Waals surface area contributed by atoms with Gasteiger partial charge in [-0.15, -0.1) is 11.3 Å². The predicted octanol–water partition coefficient (Wildman–Crippen LogP) is 0.694. The Morgan fingerprint density at radius 1 is 1.50 bits per heavy atom. The fourth-order valence-electron chi connectivity index (χ4n) is 1.16. The van der Waals surface area contributed by atoms with Gasteiger partial charge in [-0.1, -0.05) is 6.92 Å². The molecule has 1 rings (SSSR count). The number of anilines is 1. The summed E-state index contributed by atoms with van der Waals surface area (Å²) < 4.78 is 0. The number of nitrogens with zero attached hydrogens (tertiary/aromatic N) is 1. The van der Waals surface area contributed by atoms with Crippen molar-refractivity contribution in [3.8, 4) is 0 Å². The number of aromatic nitrogens is 1. The first-order chi connectivity index (χ1) is 8.43. The number of carboxylic acids is 1. The third kappa shape index (κ3) is 3.81. The van der Waals surface area contributed by atoms with Gasteiger partial charge < -0.3 is 15.7 Å². The molecule has 0 aliphatic carbocycles. The molecule has 0 saturated carbocycles. The molecule has 0 radical (unpaired) electrons. The molecule has 0 aliphatic rings. The lowest BCUT2D eigenvalue weighted by Gasteiger charge is -2.10. The molecule has 1 aromatic rings. The van der Waals surface area contributed by atoms with Crippen molar-refractivity contribution < 1.29 is 19.5 Å². The van der Waals surface area contributed by atoms with E-state index in [1.54, 1.807) is 6.92 Å². The second-order valence-electron chi connectivity index (χ2n) is 3.49. The normalized spacial score (nSPS) is 11.7. The van der Waals surface area contributed by atoms with Crippen LogP contribution in [0, 0.1) is 0 Å². The summed E-state index contributed by atoms with van der Waals surface area (Å²) in [4.78, 5) is 37.1. The van der Waals surface area contributed by atoms with Gasteiger partial charge in [0, 0.05) is 12.3 Å². The first-order valence-electron chi connectivity index (χ1n) is 5.20. The molecule has 0 aromatic carbocycles. The average molecular weight is 271 g/mol. The van der Waals surface area contributed by atoms with Crippen LogP contribution in [-0.4, -0.2) is 33.9 Å². The third-order valence-electron chi connectivity index (χ3n) is 2.03. The summed E-state index contributed by atoms with van der Waals surface area (Å²) in [6, 6.07) is -0.941. The number of thiazole rings is 1. The van der Waals surface area contributed by atoms with Crippen molar-refractivity contribution in [1.82, 2.24) is 10.3 Å². The van der Waals surface area contributed by atoms with E-state index < -0.39 is 17.9 Å². The highest BCUT2D eigenvalue weighted by atomic mass is 32.1. The van der Waals surface area contributed by atoms with Crippen LogP contribution >= 0.6 is 11.3 Å². The minimum atomic E-state index is -1.09. The lowest BCUT2D eigenvalue weighted by Crippen LogP contribution is -2.40. The molecule has 18 heavy (non-hydrogen) atoms. The molecule has 0 spiro atoms. The Morgan fingerprint density at radius 3 is 2.67 bits per heavy atom. The topological polar surface area (TPSA) is 108 Å². The Morgan fingerprint density at radius 2 is 2.17 bits per heavy atom. The number of carbonyl (C=O) groups excluding carboxylic acids is 2. The standard InChI is InChI=1S/C10H13N3O4S/c1-3-6(9(16)17)12-8(15)7-4-18-10(13-7)11-5(2)14/h4,6H,3H2,1-2H3,(H,12,15)(H,16,17)(H,11,13,14)/t6-/m0/s1. The highest BCUT2D eigenvalue weighted by molar-refractivity contribution is 7.14. The molecular weight excluding hydrogens is 258 g/mol. The maximum absolute atomic E-state index is 11.7. The molecule has 3 N–H and O–H groups in total. The zero-order valence-electron chi connectivity index (χ0n) is 9.89. The van der Waals surface area contributed by atoms with Crippen molar-refractivity contribution in [3.05, 3.63) is 11.1 Å². The molecule has 7 nitrogen and oxygen atoms in total. The fraction of sp³-hybridized carbons (Fsp3) is 0.400. The molecule has 2 amide bonds. The second kappa shape index (κ2) is 6.10. The predicted molar refractivity (Wildman–Crippen MR) is 65.6 cm³/mol.